The van der Waals surface area contributed by atoms with Gasteiger partial charge in [-0.2, -0.15) is 22.7 Å². The van der Waals surface area contributed by atoms with E-state index in [0.29, 0.717) is 16.5 Å². The molecule has 1 aliphatic carbocycles. The van der Waals surface area contributed by atoms with Crippen LogP contribution in [0, 0.1) is 23.2 Å². The molecule has 1 aromatic carbocycles. The lowest BCUT2D eigenvalue weighted by molar-refractivity contribution is -0.138. The normalized spacial score (nSPS) is 34.5. The maximum atomic E-state index is 13.0. The molecule has 1 saturated carbocycles. The van der Waals surface area contributed by atoms with Crippen LogP contribution in [0.3, 0.4) is 0 Å². The molecule has 1 amide bonds. The molecule has 3 heterocycles. The molecule has 36 heavy (non-hydrogen) atoms. The van der Waals surface area contributed by atoms with Crippen molar-refractivity contribution in [3.63, 3.8) is 0 Å². The highest BCUT2D eigenvalue weighted by Gasteiger charge is 2.51. The van der Waals surface area contributed by atoms with Crippen LogP contribution in [0.25, 0.3) is 0 Å². The van der Waals surface area contributed by atoms with Crippen molar-refractivity contribution in [2.24, 2.45) is 11.8 Å². The summed E-state index contributed by atoms with van der Waals surface area (Å²) in [5.41, 5.74) is 4.19. The number of carbonyl (C=O) groups is 1. The van der Waals surface area contributed by atoms with E-state index in [1.54, 1.807) is 6.07 Å². The summed E-state index contributed by atoms with van der Waals surface area (Å²) in [5, 5.41) is 17.9. The van der Waals surface area contributed by atoms with Gasteiger partial charge in [0.2, 0.25) is 15.9 Å². The highest BCUT2D eigenvalue weighted by Crippen LogP contribution is 2.43. The van der Waals surface area contributed by atoms with Crippen LogP contribution in [0.1, 0.15) is 50.6 Å². The van der Waals surface area contributed by atoms with E-state index in [1.807, 2.05) is 0 Å². The molecule has 0 spiro atoms. The molecule has 4 unspecified atom stereocenters. The van der Waals surface area contributed by atoms with Crippen LogP contribution in [0.2, 0.25) is 0 Å². The van der Waals surface area contributed by atoms with Crippen molar-refractivity contribution in [3.05, 3.63) is 23.8 Å². The van der Waals surface area contributed by atoms with Crippen LogP contribution in [0.15, 0.2) is 23.1 Å². The van der Waals surface area contributed by atoms with Gasteiger partial charge in [-0.05, 0) is 49.9 Å². The Labute approximate surface area is 208 Å². The van der Waals surface area contributed by atoms with Gasteiger partial charge in [-0.25, -0.2) is 18.9 Å². The molecular formula is C23H29F3N6O3S. The predicted octanol–water partition coefficient (Wildman–Crippen LogP) is 2.46. The highest BCUT2D eigenvalue weighted by molar-refractivity contribution is 7.89. The van der Waals surface area contributed by atoms with Crippen molar-refractivity contribution in [2.75, 3.05) is 18.4 Å². The van der Waals surface area contributed by atoms with Gasteiger partial charge in [-0.15, -0.1) is 0 Å². The lowest BCUT2D eigenvalue weighted by Crippen LogP contribution is -2.54. The number of nitrogens with one attached hydrogen (secondary N) is 3. The number of fused-ring (bicyclic) bond motifs is 2. The zero-order valence-electron chi connectivity index (χ0n) is 19.8. The molecule has 4 aliphatic rings. The molecule has 0 bridgehead atoms. The van der Waals surface area contributed by atoms with E-state index in [-0.39, 0.29) is 34.4 Å². The minimum absolute atomic E-state index is 0.0185. The number of anilines is 1. The number of hydrogen-bond acceptors (Lipinski definition) is 7. The fraction of sp³-hybridized carbons (Fsp3) is 0.652. The lowest BCUT2D eigenvalue weighted by atomic mass is 9.83. The molecule has 2 saturated heterocycles. The number of alkyl halides is 3. The number of carbonyl (C=O) groups excluding carboxylic acids is 1. The third-order valence-electron chi connectivity index (χ3n) is 7.85. The number of hydrogen-bond donors (Lipinski definition) is 3. The van der Waals surface area contributed by atoms with E-state index in [4.69, 9.17) is 0 Å². The smallest absolute Gasteiger partial charge is 0.368 e. The Morgan fingerprint density at radius 2 is 1.94 bits per heavy atom. The number of halogens is 3. The summed E-state index contributed by atoms with van der Waals surface area (Å²) in [6.45, 7) is 0.417. The molecular weight excluding hydrogens is 497 g/mol. The second-order valence-electron chi connectivity index (χ2n) is 10.0. The van der Waals surface area contributed by atoms with E-state index in [9.17, 15) is 31.6 Å². The average Bonchev–Trinajstić information content (AvgIpc) is 3.28. The SMILES string of the molecule is CC1c2cc(NC3NN([C@H]4CCCC[C@@H]4C#N)C4CCNC(=O)C34)ccc2S(=O)(=O)N1CC(F)(F)F. The second kappa shape index (κ2) is 9.16. The topological polar surface area (TPSA) is 118 Å². The third kappa shape index (κ3) is 4.34. The number of nitrogens with zero attached hydrogens (tertiary/aromatic N) is 3. The monoisotopic (exact) mass is 526 g/mol. The third-order valence-corrected chi connectivity index (χ3v) is 9.84. The number of piperidine rings is 1. The molecule has 196 valence electrons. The maximum absolute atomic E-state index is 13.0. The zero-order valence-corrected chi connectivity index (χ0v) is 20.6. The lowest BCUT2D eigenvalue weighted by Gasteiger charge is -2.39. The largest absolute Gasteiger partial charge is 0.402 e. The summed E-state index contributed by atoms with van der Waals surface area (Å²) in [7, 11) is -4.27. The second-order valence-corrected chi connectivity index (χ2v) is 11.9. The van der Waals surface area contributed by atoms with Gasteiger partial charge in [-0.3, -0.25) is 4.79 Å². The molecule has 3 N–H and O–H groups in total. The van der Waals surface area contributed by atoms with Crippen LogP contribution in [-0.4, -0.2) is 61.2 Å². The number of sulfonamides is 1. The summed E-state index contributed by atoms with van der Waals surface area (Å²) in [4.78, 5) is 12.7. The van der Waals surface area contributed by atoms with Gasteiger partial charge in [0.05, 0.1) is 22.8 Å². The van der Waals surface area contributed by atoms with Crippen LogP contribution in [-0.2, 0) is 14.8 Å². The standard InChI is InChI=1S/C23H29F3N6O3S/c1-13-16-10-15(6-7-19(16)36(34,35)31(13)12-23(24,25)26)29-21-20-18(8-9-28-22(20)33)32(30-21)17-5-3-2-4-14(17)11-27/h6-7,10,13-14,17-18,20-21,29-30H,2-5,8-9,12H2,1H3,(H,28,33)/t13?,14-,17+,18?,20?,21?/m1/s1. The molecule has 5 rings (SSSR count). The number of rotatable bonds is 4. The van der Waals surface area contributed by atoms with E-state index in [1.165, 1.54) is 19.1 Å². The minimum Gasteiger partial charge on any atom is -0.368 e. The summed E-state index contributed by atoms with van der Waals surface area (Å²) in [6.07, 6.45) is -0.782. The van der Waals surface area contributed by atoms with Crippen LogP contribution in [0.4, 0.5) is 18.9 Å². The van der Waals surface area contributed by atoms with Crippen molar-refractivity contribution >= 4 is 21.6 Å². The van der Waals surface area contributed by atoms with Crippen molar-refractivity contribution in [3.8, 4) is 6.07 Å². The average molecular weight is 527 g/mol. The Balaban J connectivity index is 1.41. The Morgan fingerprint density at radius 1 is 1.19 bits per heavy atom. The highest BCUT2D eigenvalue weighted by atomic mass is 32.2. The number of benzene rings is 1. The van der Waals surface area contributed by atoms with E-state index in [2.05, 4.69) is 27.1 Å². The zero-order chi connectivity index (χ0) is 25.8. The predicted molar refractivity (Wildman–Crippen MR) is 123 cm³/mol. The van der Waals surface area contributed by atoms with Gasteiger partial charge in [0.1, 0.15) is 12.7 Å². The number of amides is 1. The molecule has 3 aliphatic heterocycles. The Bertz CT molecular complexity index is 1190. The molecule has 0 aromatic heterocycles. The summed E-state index contributed by atoms with van der Waals surface area (Å²) in [6, 6.07) is 5.69. The van der Waals surface area contributed by atoms with Gasteiger partial charge in [0.25, 0.3) is 0 Å². The molecule has 6 atom stereocenters. The van der Waals surface area contributed by atoms with Crippen molar-refractivity contribution in [2.45, 2.75) is 74.4 Å². The Morgan fingerprint density at radius 3 is 2.67 bits per heavy atom. The molecule has 3 fully saturated rings. The van der Waals surface area contributed by atoms with Crippen molar-refractivity contribution in [1.82, 2.24) is 20.1 Å². The number of nitriles is 1. The fourth-order valence-electron chi connectivity index (χ4n) is 6.16. The van der Waals surface area contributed by atoms with E-state index in [0.717, 1.165) is 32.1 Å². The minimum atomic E-state index is -4.66. The Kier molecular flexibility index (Phi) is 6.43. The first-order valence-electron chi connectivity index (χ1n) is 12.2. The van der Waals surface area contributed by atoms with Gasteiger partial charge in [0.15, 0.2) is 0 Å². The molecule has 0 radical (unpaired) electrons. The van der Waals surface area contributed by atoms with Crippen LogP contribution < -0.4 is 16.1 Å². The summed E-state index contributed by atoms with van der Waals surface area (Å²) in [5.74, 6) is -0.700. The van der Waals surface area contributed by atoms with Crippen molar-refractivity contribution < 1.29 is 26.4 Å². The molecule has 13 heteroatoms. The maximum Gasteiger partial charge on any atom is 0.402 e. The van der Waals surface area contributed by atoms with Gasteiger partial charge >= 0.3 is 6.18 Å². The summed E-state index contributed by atoms with van der Waals surface area (Å²) >= 11 is 0. The van der Waals surface area contributed by atoms with Gasteiger partial charge in [-0.1, -0.05) is 12.8 Å². The first kappa shape index (κ1) is 25.3. The van der Waals surface area contributed by atoms with Crippen LogP contribution >= 0.6 is 0 Å². The Hall–Kier alpha value is -2.40. The van der Waals surface area contributed by atoms with Gasteiger partial charge in [0, 0.05) is 30.4 Å². The van der Waals surface area contributed by atoms with E-state index < -0.39 is 40.9 Å². The quantitative estimate of drug-likeness (QED) is 0.552. The fourth-order valence-corrected chi connectivity index (χ4v) is 8.03. The van der Waals surface area contributed by atoms with Gasteiger partial charge < -0.3 is 10.6 Å². The number of hydrazine groups is 1. The van der Waals surface area contributed by atoms with Crippen LogP contribution in [0.5, 0.6) is 0 Å². The first-order valence-corrected chi connectivity index (χ1v) is 13.7. The van der Waals surface area contributed by atoms with Crippen molar-refractivity contribution in [1.29, 1.82) is 5.26 Å². The molecule has 1 aromatic rings. The summed E-state index contributed by atoms with van der Waals surface area (Å²) < 4.78 is 65.1. The van der Waals surface area contributed by atoms with E-state index >= 15 is 0 Å². The first-order chi connectivity index (χ1) is 17.0. The molecule has 9 nitrogen and oxygen atoms in total.